The summed E-state index contributed by atoms with van der Waals surface area (Å²) in [7, 11) is 0. The Bertz CT molecular complexity index is 322. The Labute approximate surface area is 50.3 Å². The van der Waals surface area contributed by atoms with Gasteiger partial charge in [0.05, 0.1) is 6.26 Å². The highest BCUT2D eigenvalue weighted by atomic mass is 16.5. The summed E-state index contributed by atoms with van der Waals surface area (Å²) in [5.74, 6) is 0. The maximum absolute atomic E-state index is 8.89. The Hall–Kier alpha value is -1.45. The predicted octanol–water partition coefficient (Wildman–Crippen LogP) is 0.867. The molecule has 0 amide bonds. The monoisotopic (exact) mass is 124 g/mol. The SMILES string of the molecule is On1cnc2occc21. The molecule has 4 nitrogen and oxygen atoms in total. The number of imidazole rings is 1. The summed E-state index contributed by atoms with van der Waals surface area (Å²) in [4.78, 5) is 3.72. The van der Waals surface area contributed by atoms with Crippen molar-refractivity contribution < 1.29 is 9.62 Å². The third-order valence-electron chi connectivity index (χ3n) is 1.16. The summed E-state index contributed by atoms with van der Waals surface area (Å²) >= 11 is 0. The molecule has 2 rings (SSSR count). The molecular weight excluding hydrogens is 120 g/mol. The summed E-state index contributed by atoms with van der Waals surface area (Å²) in [5, 5.41) is 8.89. The van der Waals surface area contributed by atoms with Gasteiger partial charge < -0.3 is 9.62 Å². The smallest absolute Gasteiger partial charge is 0.248 e. The Morgan fingerprint density at radius 1 is 1.67 bits per heavy atom. The molecular formula is C5H4N2O2. The van der Waals surface area contributed by atoms with E-state index in [4.69, 9.17) is 9.62 Å². The van der Waals surface area contributed by atoms with Crippen LogP contribution in [0, 0.1) is 0 Å². The maximum atomic E-state index is 8.89. The van der Waals surface area contributed by atoms with Crippen LogP contribution in [-0.4, -0.2) is 14.9 Å². The summed E-state index contributed by atoms with van der Waals surface area (Å²) in [6, 6.07) is 1.64. The molecule has 0 atom stereocenters. The fourth-order valence-corrected chi connectivity index (χ4v) is 0.735. The van der Waals surface area contributed by atoms with Gasteiger partial charge in [-0.05, 0) is 0 Å². The molecule has 0 aromatic carbocycles. The lowest BCUT2D eigenvalue weighted by atomic mass is 10.6. The van der Waals surface area contributed by atoms with Gasteiger partial charge in [0.15, 0.2) is 0 Å². The Balaban J connectivity index is 2.99. The van der Waals surface area contributed by atoms with E-state index in [1.807, 2.05) is 0 Å². The molecule has 1 N–H and O–H groups in total. The van der Waals surface area contributed by atoms with Gasteiger partial charge in [-0.3, -0.25) is 0 Å². The normalized spacial score (nSPS) is 10.7. The van der Waals surface area contributed by atoms with Gasteiger partial charge in [-0.2, -0.15) is 9.71 Å². The van der Waals surface area contributed by atoms with Crippen LogP contribution in [0.2, 0.25) is 0 Å². The molecule has 0 aliphatic rings. The Morgan fingerprint density at radius 2 is 2.56 bits per heavy atom. The predicted molar refractivity (Wildman–Crippen MR) is 29.2 cm³/mol. The van der Waals surface area contributed by atoms with Gasteiger partial charge in [-0.15, -0.1) is 0 Å². The second-order valence-electron chi connectivity index (χ2n) is 1.70. The quantitative estimate of drug-likeness (QED) is 0.530. The van der Waals surface area contributed by atoms with Gasteiger partial charge >= 0.3 is 0 Å². The topological polar surface area (TPSA) is 51.2 Å². The van der Waals surface area contributed by atoms with Crippen molar-refractivity contribution >= 4 is 11.2 Å². The van der Waals surface area contributed by atoms with E-state index >= 15 is 0 Å². The minimum atomic E-state index is 0.456. The van der Waals surface area contributed by atoms with Crippen molar-refractivity contribution in [2.45, 2.75) is 0 Å². The van der Waals surface area contributed by atoms with Gasteiger partial charge in [0.1, 0.15) is 11.8 Å². The summed E-state index contributed by atoms with van der Waals surface area (Å²) in [6.45, 7) is 0. The van der Waals surface area contributed by atoms with E-state index in [0.717, 1.165) is 4.73 Å². The zero-order chi connectivity index (χ0) is 6.27. The van der Waals surface area contributed by atoms with Crippen LogP contribution in [-0.2, 0) is 0 Å². The zero-order valence-electron chi connectivity index (χ0n) is 4.48. The molecule has 0 saturated heterocycles. The third-order valence-corrected chi connectivity index (χ3v) is 1.16. The van der Waals surface area contributed by atoms with E-state index in [9.17, 15) is 0 Å². The number of furan rings is 1. The van der Waals surface area contributed by atoms with Crippen molar-refractivity contribution in [3.63, 3.8) is 0 Å². The van der Waals surface area contributed by atoms with E-state index in [1.165, 1.54) is 12.6 Å². The zero-order valence-corrected chi connectivity index (χ0v) is 4.48. The summed E-state index contributed by atoms with van der Waals surface area (Å²) in [5.41, 5.74) is 1.05. The van der Waals surface area contributed by atoms with Crippen LogP contribution < -0.4 is 0 Å². The highest BCUT2D eigenvalue weighted by molar-refractivity contribution is 5.67. The van der Waals surface area contributed by atoms with Crippen molar-refractivity contribution in [2.75, 3.05) is 0 Å². The number of hydrogen-bond donors (Lipinski definition) is 1. The number of rotatable bonds is 0. The van der Waals surface area contributed by atoms with Gasteiger partial charge in [0, 0.05) is 6.07 Å². The number of aromatic nitrogens is 2. The van der Waals surface area contributed by atoms with Crippen LogP contribution in [0.3, 0.4) is 0 Å². The standard InChI is InChI=1S/C5H4N2O2/c8-7-3-6-5-4(7)1-2-9-5/h1-3,8H. The summed E-state index contributed by atoms with van der Waals surface area (Å²) < 4.78 is 5.76. The lowest BCUT2D eigenvalue weighted by Gasteiger charge is -1.81. The molecule has 0 unspecified atom stereocenters. The van der Waals surface area contributed by atoms with Crippen LogP contribution in [0.1, 0.15) is 0 Å². The minimum Gasteiger partial charge on any atom is -0.445 e. The first kappa shape index (κ1) is 4.43. The molecule has 0 aliphatic heterocycles. The average Bonchev–Trinajstić information content (AvgIpc) is 2.35. The van der Waals surface area contributed by atoms with E-state index in [2.05, 4.69) is 4.98 Å². The molecule has 2 heterocycles. The van der Waals surface area contributed by atoms with E-state index in [0.29, 0.717) is 11.2 Å². The fourth-order valence-electron chi connectivity index (χ4n) is 0.735. The average molecular weight is 124 g/mol. The molecule has 0 fully saturated rings. The molecule has 46 valence electrons. The van der Waals surface area contributed by atoms with Crippen LogP contribution >= 0.6 is 0 Å². The Morgan fingerprint density at radius 3 is 3.33 bits per heavy atom. The lowest BCUT2D eigenvalue weighted by molar-refractivity contribution is 0.198. The largest absolute Gasteiger partial charge is 0.445 e. The molecule has 4 heteroatoms. The van der Waals surface area contributed by atoms with Gasteiger partial charge in [0.2, 0.25) is 5.71 Å². The van der Waals surface area contributed by atoms with Gasteiger partial charge in [0.25, 0.3) is 0 Å². The highest BCUT2D eigenvalue weighted by Gasteiger charge is 2.00. The van der Waals surface area contributed by atoms with Crippen molar-refractivity contribution in [2.24, 2.45) is 0 Å². The molecule has 0 radical (unpaired) electrons. The second-order valence-corrected chi connectivity index (χ2v) is 1.70. The lowest BCUT2D eigenvalue weighted by Crippen LogP contribution is -1.82. The molecule has 0 saturated carbocycles. The number of fused-ring (bicyclic) bond motifs is 1. The van der Waals surface area contributed by atoms with Crippen LogP contribution in [0.15, 0.2) is 23.1 Å². The van der Waals surface area contributed by atoms with Crippen molar-refractivity contribution in [1.29, 1.82) is 0 Å². The highest BCUT2D eigenvalue weighted by Crippen LogP contribution is 2.10. The number of hydrogen-bond acceptors (Lipinski definition) is 3. The van der Waals surface area contributed by atoms with Crippen molar-refractivity contribution in [1.82, 2.24) is 9.71 Å². The molecule has 0 spiro atoms. The molecule has 0 aliphatic carbocycles. The van der Waals surface area contributed by atoms with E-state index < -0.39 is 0 Å². The maximum Gasteiger partial charge on any atom is 0.248 e. The van der Waals surface area contributed by atoms with E-state index in [1.54, 1.807) is 6.07 Å². The minimum absolute atomic E-state index is 0.456. The van der Waals surface area contributed by atoms with Crippen LogP contribution in [0.5, 0.6) is 0 Å². The first-order chi connectivity index (χ1) is 4.38. The molecule has 9 heavy (non-hydrogen) atoms. The van der Waals surface area contributed by atoms with Crippen LogP contribution in [0.4, 0.5) is 0 Å². The molecule has 2 aromatic rings. The van der Waals surface area contributed by atoms with E-state index in [-0.39, 0.29) is 0 Å². The first-order valence-electron chi connectivity index (χ1n) is 2.48. The van der Waals surface area contributed by atoms with Crippen molar-refractivity contribution in [3.8, 4) is 0 Å². The van der Waals surface area contributed by atoms with Gasteiger partial charge in [-0.25, -0.2) is 0 Å². The third kappa shape index (κ3) is 0.440. The Kier molecular flexibility index (Phi) is 0.631. The molecule has 0 bridgehead atoms. The van der Waals surface area contributed by atoms with Crippen LogP contribution in [0.25, 0.3) is 11.2 Å². The van der Waals surface area contributed by atoms with Gasteiger partial charge in [-0.1, -0.05) is 0 Å². The number of nitrogens with zero attached hydrogens (tertiary/aromatic N) is 2. The van der Waals surface area contributed by atoms with Crippen molar-refractivity contribution in [3.05, 3.63) is 18.7 Å². The second kappa shape index (κ2) is 1.28. The first-order valence-corrected chi connectivity index (χ1v) is 2.48. The fraction of sp³-hybridized carbons (Fsp3) is 0. The molecule has 2 aromatic heterocycles. The summed E-state index contributed by atoms with van der Waals surface area (Å²) in [6.07, 6.45) is 2.76.